The Bertz CT molecular complexity index is 614. The number of nitrogens with zero attached hydrogens (tertiary/aromatic N) is 2. The maximum Gasteiger partial charge on any atom is 0.329 e. The third-order valence-electron chi connectivity index (χ3n) is 5.69. The fraction of sp³-hybridized carbons (Fsp3) is 0.778. The summed E-state index contributed by atoms with van der Waals surface area (Å²) in [5.41, 5.74) is -1.12. The van der Waals surface area contributed by atoms with Crippen molar-refractivity contribution in [3.63, 3.8) is 0 Å². The number of aryl methyl sites for hydroxylation is 1. The highest BCUT2D eigenvalue weighted by molar-refractivity contribution is 5.87. The monoisotopic (exact) mass is 349 g/mol. The predicted molar refractivity (Wildman–Crippen MR) is 90.0 cm³/mol. The van der Waals surface area contributed by atoms with Gasteiger partial charge >= 0.3 is 5.97 Å². The lowest BCUT2D eigenvalue weighted by Gasteiger charge is -2.36. The van der Waals surface area contributed by atoms with Crippen molar-refractivity contribution in [3.8, 4) is 0 Å². The van der Waals surface area contributed by atoms with E-state index in [1.165, 1.54) is 12.8 Å². The van der Waals surface area contributed by atoms with E-state index < -0.39 is 11.5 Å². The Kier molecular flexibility index (Phi) is 5.39. The van der Waals surface area contributed by atoms with Crippen LogP contribution in [0.15, 0.2) is 4.52 Å². The van der Waals surface area contributed by atoms with Gasteiger partial charge in [-0.1, -0.05) is 24.9 Å². The average molecular weight is 349 g/mol. The van der Waals surface area contributed by atoms with Crippen LogP contribution in [-0.2, 0) is 16.0 Å². The fourth-order valence-corrected chi connectivity index (χ4v) is 3.92. The van der Waals surface area contributed by atoms with Crippen molar-refractivity contribution in [2.24, 2.45) is 5.92 Å². The highest BCUT2D eigenvalue weighted by atomic mass is 16.5. The van der Waals surface area contributed by atoms with Crippen LogP contribution in [0.5, 0.6) is 0 Å². The zero-order chi connectivity index (χ0) is 17.9. The molecular weight excluding hydrogens is 322 g/mol. The van der Waals surface area contributed by atoms with Crippen LogP contribution in [0.25, 0.3) is 0 Å². The second-order valence-electron chi connectivity index (χ2n) is 7.65. The minimum Gasteiger partial charge on any atom is -0.480 e. The van der Waals surface area contributed by atoms with Gasteiger partial charge in [0.05, 0.1) is 0 Å². The molecule has 0 atom stereocenters. The molecule has 3 rings (SSSR count). The van der Waals surface area contributed by atoms with Crippen LogP contribution in [-0.4, -0.2) is 32.7 Å². The molecule has 1 heterocycles. The van der Waals surface area contributed by atoms with E-state index in [1.807, 2.05) is 0 Å². The minimum absolute atomic E-state index is 0.164. The number of hydrogen-bond donors (Lipinski definition) is 2. The SMILES string of the molecule is CC1CCC(NC(=O)CCc2nc(C3CCCC3)no2)(C(=O)O)CC1. The Morgan fingerprint density at radius 2 is 1.92 bits per heavy atom. The molecule has 2 saturated carbocycles. The van der Waals surface area contributed by atoms with E-state index in [1.54, 1.807) is 0 Å². The molecule has 1 aromatic heterocycles. The maximum atomic E-state index is 12.3. The van der Waals surface area contributed by atoms with Crippen molar-refractivity contribution >= 4 is 11.9 Å². The van der Waals surface area contributed by atoms with Gasteiger partial charge in [0, 0.05) is 18.8 Å². The molecule has 0 aromatic carbocycles. The topological polar surface area (TPSA) is 105 Å². The highest BCUT2D eigenvalue weighted by Gasteiger charge is 2.42. The molecule has 0 saturated heterocycles. The number of carbonyl (C=O) groups is 2. The second-order valence-corrected chi connectivity index (χ2v) is 7.65. The van der Waals surface area contributed by atoms with Gasteiger partial charge in [-0.2, -0.15) is 4.98 Å². The number of hydrogen-bond acceptors (Lipinski definition) is 5. The molecule has 7 nitrogen and oxygen atoms in total. The summed E-state index contributed by atoms with van der Waals surface area (Å²) < 4.78 is 5.25. The quantitative estimate of drug-likeness (QED) is 0.818. The van der Waals surface area contributed by atoms with Gasteiger partial charge in [-0.3, -0.25) is 4.79 Å². The summed E-state index contributed by atoms with van der Waals surface area (Å²) in [5.74, 6) is 0.893. The molecule has 2 aliphatic rings. The number of rotatable bonds is 6. The molecule has 7 heteroatoms. The smallest absolute Gasteiger partial charge is 0.329 e. The van der Waals surface area contributed by atoms with E-state index >= 15 is 0 Å². The molecule has 0 radical (unpaired) electrons. The first kappa shape index (κ1) is 17.9. The first-order valence-corrected chi connectivity index (χ1v) is 9.35. The number of carboxylic acid groups (broad SMARTS) is 1. The van der Waals surface area contributed by atoms with Crippen molar-refractivity contribution < 1.29 is 19.2 Å². The van der Waals surface area contributed by atoms with Crippen LogP contribution in [0, 0.1) is 5.92 Å². The van der Waals surface area contributed by atoms with Gasteiger partial charge in [0.15, 0.2) is 5.82 Å². The predicted octanol–water partition coefficient (Wildman–Crippen LogP) is 2.81. The summed E-state index contributed by atoms with van der Waals surface area (Å²) in [4.78, 5) is 28.4. The zero-order valence-electron chi connectivity index (χ0n) is 14.8. The normalized spacial score (nSPS) is 27.3. The largest absolute Gasteiger partial charge is 0.480 e. The van der Waals surface area contributed by atoms with Crippen LogP contribution < -0.4 is 5.32 Å². The van der Waals surface area contributed by atoms with Crippen molar-refractivity contribution in [2.45, 2.75) is 82.6 Å². The maximum absolute atomic E-state index is 12.3. The van der Waals surface area contributed by atoms with Crippen molar-refractivity contribution in [2.75, 3.05) is 0 Å². The fourth-order valence-electron chi connectivity index (χ4n) is 3.92. The number of aliphatic carboxylic acids is 1. The number of nitrogens with one attached hydrogen (secondary N) is 1. The first-order valence-electron chi connectivity index (χ1n) is 9.35. The number of amides is 1. The average Bonchev–Trinajstić information content (AvgIpc) is 3.26. The van der Waals surface area contributed by atoms with E-state index in [4.69, 9.17) is 4.52 Å². The molecule has 25 heavy (non-hydrogen) atoms. The Morgan fingerprint density at radius 3 is 2.56 bits per heavy atom. The molecule has 2 fully saturated rings. The molecule has 0 bridgehead atoms. The Balaban J connectivity index is 1.52. The van der Waals surface area contributed by atoms with E-state index in [0.717, 1.165) is 31.5 Å². The lowest BCUT2D eigenvalue weighted by atomic mass is 9.77. The van der Waals surface area contributed by atoms with Gasteiger partial charge in [0.25, 0.3) is 0 Å². The van der Waals surface area contributed by atoms with Crippen molar-refractivity contribution in [1.82, 2.24) is 15.5 Å². The van der Waals surface area contributed by atoms with Gasteiger partial charge in [0.1, 0.15) is 5.54 Å². The molecular formula is C18H27N3O4. The van der Waals surface area contributed by atoms with Gasteiger partial charge in [0.2, 0.25) is 11.8 Å². The third-order valence-corrected chi connectivity index (χ3v) is 5.69. The lowest BCUT2D eigenvalue weighted by molar-refractivity contribution is -0.149. The molecule has 1 amide bonds. The minimum atomic E-state index is -1.12. The standard InChI is InChI=1S/C18H27N3O4/c1-12-8-10-18(11-9-12,17(23)24)20-14(22)6-7-15-19-16(21-25-15)13-4-2-3-5-13/h12-13H,2-11H2,1H3,(H,20,22)(H,23,24). The summed E-state index contributed by atoms with van der Waals surface area (Å²) in [6.45, 7) is 2.12. The van der Waals surface area contributed by atoms with E-state index in [9.17, 15) is 14.7 Å². The van der Waals surface area contributed by atoms with Crippen LogP contribution >= 0.6 is 0 Å². The third kappa shape index (κ3) is 4.19. The second kappa shape index (κ2) is 7.54. The van der Waals surface area contributed by atoms with Gasteiger partial charge in [-0.05, 0) is 44.4 Å². The molecule has 0 aliphatic heterocycles. The van der Waals surface area contributed by atoms with Crippen LogP contribution in [0.2, 0.25) is 0 Å². The van der Waals surface area contributed by atoms with Crippen molar-refractivity contribution in [3.05, 3.63) is 11.7 Å². The molecule has 2 aliphatic carbocycles. The van der Waals surface area contributed by atoms with Gasteiger partial charge < -0.3 is 14.9 Å². The zero-order valence-corrected chi connectivity index (χ0v) is 14.8. The Labute approximate surface area is 147 Å². The van der Waals surface area contributed by atoms with Gasteiger partial charge in [-0.25, -0.2) is 4.79 Å². The molecule has 2 N–H and O–H groups in total. The lowest BCUT2D eigenvalue weighted by Crippen LogP contribution is -2.56. The van der Waals surface area contributed by atoms with Crippen LogP contribution in [0.3, 0.4) is 0 Å². The summed E-state index contributed by atoms with van der Waals surface area (Å²) in [6.07, 6.45) is 7.72. The number of aromatic nitrogens is 2. The summed E-state index contributed by atoms with van der Waals surface area (Å²) in [6, 6.07) is 0. The summed E-state index contributed by atoms with van der Waals surface area (Å²) >= 11 is 0. The van der Waals surface area contributed by atoms with Crippen LogP contribution in [0.4, 0.5) is 0 Å². The summed E-state index contributed by atoms with van der Waals surface area (Å²) in [7, 11) is 0. The van der Waals surface area contributed by atoms with Gasteiger partial charge in [-0.15, -0.1) is 0 Å². The Morgan fingerprint density at radius 1 is 1.24 bits per heavy atom. The Hall–Kier alpha value is -1.92. The first-order chi connectivity index (χ1) is 12.0. The van der Waals surface area contributed by atoms with E-state index in [2.05, 4.69) is 22.4 Å². The summed E-state index contributed by atoms with van der Waals surface area (Å²) in [5, 5.41) is 16.4. The van der Waals surface area contributed by atoms with E-state index in [-0.39, 0.29) is 12.3 Å². The number of carbonyl (C=O) groups excluding carboxylic acids is 1. The van der Waals surface area contributed by atoms with Crippen LogP contribution in [0.1, 0.15) is 82.3 Å². The van der Waals surface area contributed by atoms with E-state index in [0.29, 0.717) is 37.0 Å². The molecule has 138 valence electrons. The number of carboxylic acids is 1. The highest BCUT2D eigenvalue weighted by Crippen LogP contribution is 2.33. The van der Waals surface area contributed by atoms with Crippen molar-refractivity contribution in [1.29, 1.82) is 0 Å². The molecule has 1 aromatic rings. The molecule has 0 unspecified atom stereocenters. The molecule has 0 spiro atoms.